The Hall–Kier alpha value is -2.74. The van der Waals surface area contributed by atoms with Gasteiger partial charge in [-0.15, -0.1) is 11.3 Å². The highest BCUT2D eigenvalue weighted by molar-refractivity contribution is 7.09. The smallest absolute Gasteiger partial charge is 0.226 e. The van der Waals surface area contributed by atoms with Crippen molar-refractivity contribution in [3.63, 3.8) is 0 Å². The molecule has 8 heteroatoms. The van der Waals surface area contributed by atoms with Crippen LogP contribution in [0.4, 0.5) is 5.82 Å². The van der Waals surface area contributed by atoms with E-state index in [1.807, 2.05) is 48.2 Å². The zero-order valence-corrected chi connectivity index (χ0v) is 15.5. The summed E-state index contributed by atoms with van der Waals surface area (Å²) in [6, 6.07) is 7.95. The first kappa shape index (κ1) is 16.7. The van der Waals surface area contributed by atoms with E-state index < -0.39 is 0 Å². The summed E-state index contributed by atoms with van der Waals surface area (Å²) in [6.07, 6.45) is 1.55. The summed E-state index contributed by atoms with van der Waals surface area (Å²) < 4.78 is 1.81. The monoisotopic (exact) mass is 368 g/mol. The van der Waals surface area contributed by atoms with Crippen molar-refractivity contribution >= 4 is 23.1 Å². The molecule has 0 bridgehead atoms. The summed E-state index contributed by atoms with van der Waals surface area (Å²) in [5, 5.41) is 9.48. The standard InChI is InChI=1S/C18H20N6OS/c1-12-6-13(2)24(22-12)17-7-16(20-11-21-17)23-9-14(10-23)18(25)19-8-15-4-3-5-26-15/h3-7,11,14H,8-10H2,1-2H3,(H,19,25). The van der Waals surface area contributed by atoms with Gasteiger partial charge in [0.15, 0.2) is 5.82 Å². The number of aryl methyl sites for hydroxylation is 2. The number of thiophene rings is 1. The second kappa shape index (κ2) is 6.87. The van der Waals surface area contributed by atoms with Crippen LogP contribution < -0.4 is 10.2 Å². The van der Waals surface area contributed by atoms with E-state index in [4.69, 9.17) is 0 Å². The number of amides is 1. The van der Waals surface area contributed by atoms with Crippen LogP contribution in [0, 0.1) is 19.8 Å². The van der Waals surface area contributed by atoms with Gasteiger partial charge >= 0.3 is 0 Å². The van der Waals surface area contributed by atoms with Gasteiger partial charge in [-0.3, -0.25) is 4.79 Å². The number of carbonyl (C=O) groups is 1. The SMILES string of the molecule is Cc1cc(C)n(-c2cc(N3CC(C(=O)NCc4cccs4)C3)ncn2)n1. The molecule has 4 rings (SSSR count). The molecule has 0 aliphatic carbocycles. The maximum Gasteiger partial charge on any atom is 0.226 e. The highest BCUT2D eigenvalue weighted by atomic mass is 32.1. The quantitative estimate of drug-likeness (QED) is 0.746. The predicted octanol–water partition coefficient (Wildman–Crippen LogP) is 2.09. The fourth-order valence-electron chi connectivity index (χ4n) is 3.05. The lowest BCUT2D eigenvalue weighted by molar-refractivity contribution is -0.125. The number of nitrogens with one attached hydrogen (secondary N) is 1. The van der Waals surface area contributed by atoms with Crippen molar-refractivity contribution in [1.29, 1.82) is 0 Å². The minimum absolute atomic E-state index is 0.00191. The van der Waals surface area contributed by atoms with Crippen molar-refractivity contribution in [3.8, 4) is 5.82 Å². The normalized spacial score (nSPS) is 14.3. The highest BCUT2D eigenvalue weighted by Crippen LogP contribution is 2.24. The maximum absolute atomic E-state index is 12.3. The lowest BCUT2D eigenvalue weighted by Crippen LogP contribution is -2.54. The van der Waals surface area contributed by atoms with Gasteiger partial charge in [0.2, 0.25) is 5.91 Å². The number of carbonyl (C=O) groups excluding carboxylic acids is 1. The van der Waals surface area contributed by atoms with E-state index >= 15 is 0 Å². The second-order valence-corrected chi connectivity index (χ2v) is 7.50. The summed E-state index contributed by atoms with van der Waals surface area (Å²) in [5.74, 6) is 1.67. The van der Waals surface area contributed by atoms with Gasteiger partial charge in [0.05, 0.1) is 18.2 Å². The molecule has 7 nitrogen and oxygen atoms in total. The van der Waals surface area contributed by atoms with Crippen LogP contribution in [0.3, 0.4) is 0 Å². The van der Waals surface area contributed by atoms with E-state index in [-0.39, 0.29) is 11.8 Å². The lowest BCUT2D eigenvalue weighted by Gasteiger charge is -2.39. The minimum Gasteiger partial charge on any atom is -0.355 e. The molecule has 1 aliphatic heterocycles. The molecular weight excluding hydrogens is 348 g/mol. The van der Waals surface area contributed by atoms with Crippen LogP contribution in [-0.4, -0.2) is 38.7 Å². The second-order valence-electron chi connectivity index (χ2n) is 6.47. The van der Waals surface area contributed by atoms with E-state index in [0.29, 0.717) is 19.6 Å². The molecule has 0 radical (unpaired) electrons. The first-order valence-electron chi connectivity index (χ1n) is 8.51. The Morgan fingerprint density at radius 1 is 1.27 bits per heavy atom. The van der Waals surface area contributed by atoms with Gasteiger partial charge < -0.3 is 10.2 Å². The Bertz CT molecular complexity index is 914. The van der Waals surface area contributed by atoms with Crippen LogP contribution in [0.25, 0.3) is 5.82 Å². The lowest BCUT2D eigenvalue weighted by atomic mass is 9.99. The van der Waals surface area contributed by atoms with E-state index in [1.165, 1.54) is 4.88 Å². The third kappa shape index (κ3) is 3.32. The molecule has 1 N–H and O–H groups in total. The van der Waals surface area contributed by atoms with Crippen molar-refractivity contribution in [3.05, 3.63) is 52.2 Å². The molecule has 0 aromatic carbocycles. The first-order valence-corrected chi connectivity index (χ1v) is 9.39. The molecule has 0 unspecified atom stereocenters. The third-order valence-electron chi connectivity index (χ3n) is 4.46. The number of hydrogen-bond donors (Lipinski definition) is 1. The van der Waals surface area contributed by atoms with Gasteiger partial charge in [-0.25, -0.2) is 14.6 Å². The van der Waals surface area contributed by atoms with E-state index in [1.54, 1.807) is 17.7 Å². The Morgan fingerprint density at radius 2 is 2.08 bits per heavy atom. The summed E-state index contributed by atoms with van der Waals surface area (Å²) in [7, 11) is 0. The van der Waals surface area contributed by atoms with E-state index in [9.17, 15) is 4.79 Å². The van der Waals surface area contributed by atoms with Crippen LogP contribution in [0.2, 0.25) is 0 Å². The van der Waals surface area contributed by atoms with Crippen LogP contribution in [0.15, 0.2) is 36.0 Å². The van der Waals surface area contributed by atoms with Gasteiger partial charge in [0, 0.05) is 29.7 Å². The molecule has 0 atom stereocenters. The summed E-state index contributed by atoms with van der Waals surface area (Å²) in [6.45, 7) is 5.90. The Morgan fingerprint density at radius 3 is 2.77 bits per heavy atom. The van der Waals surface area contributed by atoms with Crippen molar-refractivity contribution in [2.45, 2.75) is 20.4 Å². The third-order valence-corrected chi connectivity index (χ3v) is 5.33. The Balaban J connectivity index is 1.37. The molecule has 0 spiro atoms. The highest BCUT2D eigenvalue weighted by Gasteiger charge is 2.33. The van der Waals surface area contributed by atoms with Crippen LogP contribution in [0.5, 0.6) is 0 Å². The average Bonchev–Trinajstić information content (AvgIpc) is 3.21. The molecule has 3 aromatic heterocycles. The molecular formula is C18H20N6OS. The molecule has 0 saturated carbocycles. The molecule has 1 saturated heterocycles. The average molecular weight is 368 g/mol. The zero-order valence-electron chi connectivity index (χ0n) is 14.7. The molecule has 1 amide bonds. The van der Waals surface area contributed by atoms with Gasteiger partial charge in [0.25, 0.3) is 0 Å². The molecule has 3 aromatic rings. The number of aromatic nitrogens is 4. The molecule has 1 fully saturated rings. The Labute approximate surface area is 155 Å². The Kier molecular flexibility index (Phi) is 4.42. The van der Waals surface area contributed by atoms with Crippen LogP contribution in [0.1, 0.15) is 16.3 Å². The van der Waals surface area contributed by atoms with Gasteiger partial charge in [0.1, 0.15) is 12.1 Å². The van der Waals surface area contributed by atoms with Crippen molar-refractivity contribution in [1.82, 2.24) is 25.1 Å². The predicted molar refractivity (Wildman–Crippen MR) is 100 cm³/mol. The zero-order chi connectivity index (χ0) is 18.1. The summed E-state index contributed by atoms with van der Waals surface area (Å²) >= 11 is 1.65. The van der Waals surface area contributed by atoms with E-state index in [0.717, 1.165) is 23.0 Å². The molecule has 1 aliphatic rings. The van der Waals surface area contributed by atoms with Crippen LogP contribution in [-0.2, 0) is 11.3 Å². The minimum atomic E-state index is 0.00191. The number of rotatable bonds is 5. The van der Waals surface area contributed by atoms with E-state index in [2.05, 4.69) is 25.3 Å². The molecule has 26 heavy (non-hydrogen) atoms. The fraction of sp³-hybridized carbons (Fsp3) is 0.333. The van der Waals surface area contributed by atoms with Crippen molar-refractivity contribution < 1.29 is 4.79 Å². The topological polar surface area (TPSA) is 75.9 Å². The summed E-state index contributed by atoms with van der Waals surface area (Å²) in [5.41, 5.74) is 1.98. The van der Waals surface area contributed by atoms with Gasteiger partial charge in [-0.05, 0) is 31.4 Å². The maximum atomic E-state index is 12.3. The van der Waals surface area contributed by atoms with Crippen LogP contribution >= 0.6 is 11.3 Å². The van der Waals surface area contributed by atoms with Gasteiger partial charge in [-0.2, -0.15) is 5.10 Å². The fourth-order valence-corrected chi connectivity index (χ4v) is 3.69. The summed E-state index contributed by atoms with van der Waals surface area (Å²) in [4.78, 5) is 24.2. The number of hydrogen-bond acceptors (Lipinski definition) is 6. The number of anilines is 1. The van der Waals surface area contributed by atoms with Crippen molar-refractivity contribution in [2.24, 2.45) is 5.92 Å². The number of nitrogens with zero attached hydrogens (tertiary/aromatic N) is 5. The van der Waals surface area contributed by atoms with Gasteiger partial charge in [-0.1, -0.05) is 6.07 Å². The largest absolute Gasteiger partial charge is 0.355 e. The first-order chi connectivity index (χ1) is 12.6. The molecule has 134 valence electrons. The van der Waals surface area contributed by atoms with Crippen molar-refractivity contribution in [2.75, 3.05) is 18.0 Å². The molecule has 4 heterocycles.